The zero-order valence-corrected chi connectivity index (χ0v) is 15.9. The van der Waals surface area contributed by atoms with E-state index in [4.69, 9.17) is 0 Å². The SMILES string of the molecule is CN(Cc1ccc(C(=O)NC2CC2)cc1)C(=O)c1ccc(F)cc1I. The topological polar surface area (TPSA) is 49.4 Å². The van der Waals surface area contributed by atoms with Crippen LogP contribution in [0.25, 0.3) is 0 Å². The molecule has 130 valence electrons. The summed E-state index contributed by atoms with van der Waals surface area (Å²) in [5.41, 5.74) is 2.03. The van der Waals surface area contributed by atoms with Crippen molar-refractivity contribution in [3.8, 4) is 0 Å². The summed E-state index contributed by atoms with van der Waals surface area (Å²) in [6.45, 7) is 0.414. The summed E-state index contributed by atoms with van der Waals surface area (Å²) in [7, 11) is 1.70. The van der Waals surface area contributed by atoms with Gasteiger partial charge in [0.15, 0.2) is 0 Å². The highest BCUT2D eigenvalue weighted by Crippen LogP contribution is 2.20. The van der Waals surface area contributed by atoms with Crippen molar-refractivity contribution in [2.24, 2.45) is 0 Å². The predicted octanol–water partition coefficient (Wildman–Crippen LogP) is 3.59. The van der Waals surface area contributed by atoms with Crippen molar-refractivity contribution in [2.45, 2.75) is 25.4 Å². The molecular formula is C19H18FIN2O2. The Morgan fingerprint density at radius 3 is 2.48 bits per heavy atom. The van der Waals surface area contributed by atoms with Crippen molar-refractivity contribution in [3.63, 3.8) is 0 Å². The molecule has 6 heteroatoms. The molecule has 3 rings (SSSR count). The first-order valence-electron chi connectivity index (χ1n) is 8.04. The van der Waals surface area contributed by atoms with Gasteiger partial charge in [-0.15, -0.1) is 0 Å². The first-order valence-corrected chi connectivity index (χ1v) is 9.12. The number of carbonyl (C=O) groups excluding carboxylic acids is 2. The van der Waals surface area contributed by atoms with Crippen molar-refractivity contribution in [1.29, 1.82) is 0 Å². The maximum Gasteiger partial charge on any atom is 0.254 e. The van der Waals surface area contributed by atoms with Crippen molar-refractivity contribution < 1.29 is 14.0 Å². The Labute approximate surface area is 159 Å². The van der Waals surface area contributed by atoms with Gasteiger partial charge in [0.1, 0.15) is 5.82 Å². The van der Waals surface area contributed by atoms with Crippen molar-refractivity contribution in [2.75, 3.05) is 7.05 Å². The van der Waals surface area contributed by atoms with Crippen LogP contribution >= 0.6 is 22.6 Å². The van der Waals surface area contributed by atoms with Crippen LogP contribution in [0.15, 0.2) is 42.5 Å². The van der Waals surface area contributed by atoms with E-state index < -0.39 is 0 Å². The van der Waals surface area contributed by atoms with Crippen LogP contribution in [0.4, 0.5) is 4.39 Å². The van der Waals surface area contributed by atoms with Crippen LogP contribution in [0.1, 0.15) is 39.1 Å². The summed E-state index contributed by atoms with van der Waals surface area (Å²) in [5, 5.41) is 2.95. The average molecular weight is 452 g/mol. The van der Waals surface area contributed by atoms with Gasteiger partial charge in [0.05, 0.1) is 5.56 Å². The molecule has 0 unspecified atom stereocenters. The van der Waals surface area contributed by atoms with Gasteiger partial charge in [0, 0.05) is 28.8 Å². The number of nitrogens with zero attached hydrogens (tertiary/aromatic N) is 1. The lowest BCUT2D eigenvalue weighted by atomic mass is 10.1. The minimum Gasteiger partial charge on any atom is -0.349 e. The number of hydrogen-bond acceptors (Lipinski definition) is 2. The lowest BCUT2D eigenvalue weighted by Crippen LogP contribution is -2.27. The second-order valence-electron chi connectivity index (χ2n) is 6.23. The molecule has 0 aromatic heterocycles. The molecule has 2 aromatic rings. The van der Waals surface area contributed by atoms with E-state index in [1.54, 1.807) is 24.1 Å². The van der Waals surface area contributed by atoms with E-state index >= 15 is 0 Å². The van der Waals surface area contributed by atoms with Crippen molar-refractivity contribution in [1.82, 2.24) is 10.2 Å². The Balaban J connectivity index is 1.64. The van der Waals surface area contributed by atoms with Gasteiger partial charge >= 0.3 is 0 Å². The summed E-state index contributed by atoms with van der Waals surface area (Å²) in [6, 6.07) is 11.7. The van der Waals surface area contributed by atoms with Crippen molar-refractivity contribution in [3.05, 3.63) is 68.5 Å². The molecule has 0 atom stereocenters. The van der Waals surface area contributed by atoms with Gasteiger partial charge < -0.3 is 10.2 Å². The van der Waals surface area contributed by atoms with Crippen LogP contribution < -0.4 is 5.32 Å². The Bertz CT molecular complexity index is 804. The molecule has 2 amide bonds. The predicted molar refractivity (Wildman–Crippen MR) is 102 cm³/mol. The minimum absolute atomic E-state index is 0.0562. The standard InChI is InChI=1S/C19H18FIN2O2/c1-23(19(25)16-9-6-14(20)10-17(16)21)11-12-2-4-13(5-3-12)18(24)22-15-7-8-15/h2-6,9-10,15H,7-8,11H2,1H3,(H,22,24). The maximum absolute atomic E-state index is 13.2. The first-order chi connectivity index (χ1) is 11.9. The van der Waals surface area contributed by atoms with Gasteiger partial charge in [-0.25, -0.2) is 4.39 Å². The second kappa shape index (κ2) is 7.51. The van der Waals surface area contributed by atoms with Crippen LogP contribution in [0.5, 0.6) is 0 Å². The molecule has 1 fully saturated rings. The Hall–Kier alpha value is -1.96. The molecule has 1 aliphatic rings. The van der Waals surface area contributed by atoms with E-state index in [2.05, 4.69) is 5.32 Å². The molecule has 1 N–H and O–H groups in total. The molecule has 0 spiro atoms. The fourth-order valence-corrected chi connectivity index (χ4v) is 3.18. The molecule has 0 heterocycles. The van der Waals surface area contributed by atoms with Crippen LogP contribution in [0, 0.1) is 9.39 Å². The third kappa shape index (κ3) is 4.56. The first kappa shape index (κ1) is 17.8. The highest BCUT2D eigenvalue weighted by molar-refractivity contribution is 14.1. The number of amides is 2. The number of halogens is 2. The maximum atomic E-state index is 13.2. The molecular weight excluding hydrogens is 434 g/mol. The smallest absolute Gasteiger partial charge is 0.254 e. The molecule has 0 radical (unpaired) electrons. The zero-order chi connectivity index (χ0) is 18.0. The number of hydrogen-bond donors (Lipinski definition) is 1. The normalized spacial score (nSPS) is 13.4. The van der Waals surface area contributed by atoms with Crippen molar-refractivity contribution >= 4 is 34.4 Å². The molecule has 0 saturated heterocycles. The van der Waals surface area contributed by atoms with E-state index in [0.29, 0.717) is 27.3 Å². The fourth-order valence-electron chi connectivity index (χ4n) is 2.47. The summed E-state index contributed by atoms with van der Waals surface area (Å²) >= 11 is 1.96. The second-order valence-corrected chi connectivity index (χ2v) is 7.39. The molecule has 1 saturated carbocycles. The Morgan fingerprint density at radius 1 is 1.20 bits per heavy atom. The fraction of sp³-hybridized carbons (Fsp3) is 0.263. The molecule has 25 heavy (non-hydrogen) atoms. The number of rotatable bonds is 5. The molecule has 2 aromatic carbocycles. The van der Waals surface area contributed by atoms with E-state index in [0.717, 1.165) is 18.4 Å². The summed E-state index contributed by atoms with van der Waals surface area (Å²) in [6.07, 6.45) is 2.11. The third-order valence-electron chi connectivity index (χ3n) is 4.06. The Morgan fingerprint density at radius 2 is 1.88 bits per heavy atom. The third-order valence-corrected chi connectivity index (χ3v) is 4.95. The molecule has 4 nitrogen and oxygen atoms in total. The van der Waals surface area contributed by atoms with Gasteiger partial charge in [-0.1, -0.05) is 12.1 Å². The van der Waals surface area contributed by atoms with Crippen LogP contribution in [-0.2, 0) is 6.54 Å². The summed E-state index contributed by atoms with van der Waals surface area (Å²) in [5.74, 6) is -0.581. The molecule has 1 aliphatic carbocycles. The van der Waals surface area contributed by atoms with Crippen LogP contribution in [0.3, 0.4) is 0 Å². The van der Waals surface area contributed by atoms with E-state index in [-0.39, 0.29) is 17.6 Å². The van der Waals surface area contributed by atoms with Gasteiger partial charge in [0.2, 0.25) is 0 Å². The van der Waals surface area contributed by atoms with Gasteiger partial charge in [0.25, 0.3) is 11.8 Å². The van der Waals surface area contributed by atoms with Gasteiger partial charge in [-0.05, 0) is 71.3 Å². The van der Waals surface area contributed by atoms with E-state index in [1.165, 1.54) is 18.2 Å². The average Bonchev–Trinajstić information content (AvgIpc) is 3.39. The lowest BCUT2D eigenvalue weighted by Gasteiger charge is -2.18. The highest BCUT2D eigenvalue weighted by atomic mass is 127. The number of carbonyl (C=O) groups is 2. The van der Waals surface area contributed by atoms with Crippen LogP contribution in [-0.4, -0.2) is 29.8 Å². The number of nitrogens with one attached hydrogen (secondary N) is 1. The monoisotopic (exact) mass is 452 g/mol. The van der Waals surface area contributed by atoms with Gasteiger partial charge in [-0.3, -0.25) is 9.59 Å². The summed E-state index contributed by atoms with van der Waals surface area (Å²) < 4.78 is 13.8. The van der Waals surface area contributed by atoms with Crippen LogP contribution in [0.2, 0.25) is 0 Å². The minimum atomic E-state index is -0.358. The van der Waals surface area contributed by atoms with E-state index in [9.17, 15) is 14.0 Å². The number of benzene rings is 2. The van der Waals surface area contributed by atoms with Gasteiger partial charge in [-0.2, -0.15) is 0 Å². The quantitative estimate of drug-likeness (QED) is 0.706. The molecule has 0 bridgehead atoms. The molecule has 0 aliphatic heterocycles. The van der Waals surface area contributed by atoms with E-state index in [1.807, 2.05) is 34.7 Å². The zero-order valence-electron chi connectivity index (χ0n) is 13.8. The highest BCUT2D eigenvalue weighted by Gasteiger charge is 2.23. The summed E-state index contributed by atoms with van der Waals surface area (Å²) in [4.78, 5) is 26.1. The lowest BCUT2D eigenvalue weighted by molar-refractivity contribution is 0.0783. The largest absolute Gasteiger partial charge is 0.349 e. The Kier molecular flexibility index (Phi) is 5.36.